The molecule has 2 N–H and O–H groups in total. The monoisotopic (exact) mass is 430 g/mol. The molecule has 0 aliphatic heterocycles. The number of unbranched alkanes of at least 4 members (excludes halogenated alkanes) is 7. The van der Waals surface area contributed by atoms with Gasteiger partial charge >= 0.3 is 11.9 Å². The highest BCUT2D eigenvalue weighted by Crippen LogP contribution is 2.20. The first-order valence-electron chi connectivity index (χ1n) is 11.8. The first-order chi connectivity index (χ1) is 14.1. The van der Waals surface area contributed by atoms with Crippen molar-refractivity contribution < 1.29 is 29.3 Å². The quantitative estimate of drug-likeness (QED) is 0.219. The summed E-state index contributed by atoms with van der Waals surface area (Å²) in [6, 6.07) is 0. The third kappa shape index (κ3) is 20.1. The minimum absolute atomic E-state index is 0.205. The van der Waals surface area contributed by atoms with Crippen LogP contribution < -0.4 is 0 Å². The molecule has 30 heavy (non-hydrogen) atoms. The molecular formula is C24H46O6. The summed E-state index contributed by atoms with van der Waals surface area (Å²) in [5, 5.41) is 18.4. The SMILES string of the molecule is CC(C)(O)CCCCCCOC(=O)CCCCC(=O)OC(C)(C)CCCCCCO. The van der Waals surface area contributed by atoms with Crippen LogP contribution in [0.2, 0.25) is 0 Å². The summed E-state index contributed by atoms with van der Waals surface area (Å²) in [6.45, 7) is 8.17. The molecule has 0 amide bonds. The molecule has 0 aromatic rings. The van der Waals surface area contributed by atoms with Crippen LogP contribution in [0.1, 0.15) is 118 Å². The molecule has 0 rings (SSSR count). The number of aliphatic hydroxyl groups is 2. The molecule has 0 spiro atoms. The van der Waals surface area contributed by atoms with Gasteiger partial charge in [-0.25, -0.2) is 0 Å². The Balaban J connectivity index is 3.64. The van der Waals surface area contributed by atoms with Crippen molar-refractivity contribution >= 4 is 11.9 Å². The maximum absolute atomic E-state index is 12.0. The average Bonchev–Trinajstić information content (AvgIpc) is 2.63. The Morgan fingerprint density at radius 1 is 0.700 bits per heavy atom. The number of carbonyl (C=O) groups excluding carboxylic acids is 2. The van der Waals surface area contributed by atoms with E-state index in [9.17, 15) is 14.7 Å². The van der Waals surface area contributed by atoms with Gasteiger partial charge in [-0.1, -0.05) is 32.1 Å². The Morgan fingerprint density at radius 3 is 1.83 bits per heavy atom. The van der Waals surface area contributed by atoms with E-state index in [1.807, 2.05) is 27.7 Å². The van der Waals surface area contributed by atoms with Crippen LogP contribution in [-0.2, 0) is 19.1 Å². The lowest BCUT2D eigenvalue weighted by atomic mass is 9.99. The molecule has 0 saturated carbocycles. The lowest BCUT2D eigenvalue weighted by Gasteiger charge is -2.25. The second-order valence-electron chi connectivity index (χ2n) is 9.53. The van der Waals surface area contributed by atoms with E-state index < -0.39 is 11.2 Å². The highest BCUT2D eigenvalue weighted by molar-refractivity contribution is 5.70. The summed E-state index contributed by atoms with van der Waals surface area (Å²) in [5.41, 5.74) is -1.07. The molecule has 0 radical (unpaired) electrons. The van der Waals surface area contributed by atoms with Gasteiger partial charge in [-0.2, -0.15) is 0 Å². The molecule has 6 nitrogen and oxygen atoms in total. The standard InChI is InChI=1S/C24H46O6/c1-23(2,28)17-11-6-8-14-20-29-21(26)15-9-10-16-22(27)30-24(3,4)18-12-5-7-13-19-25/h25,28H,5-20H2,1-4H3. The molecule has 178 valence electrons. The molecule has 0 atom stereocenters. The van der Waals surface area contributed by atoms with Gasteiger partial charge in [0.05, 0.1) is 12.2 Å². The van der Waals surface area contributed by atoms with Crippen molar-refractivity contribution in [3.05, 3.63) is 0 Å². The topological polar surface area (TPSA) is 93.1 Å². The summed E-state index contributed by atoms with van der Waals surface area (Å²) in [6.07, 6.45) is 11.2. The Hall–Kier alpha value is -1.14. The second kappa shape index (κ2) is 16.5. The van der Waals surface area contributed by atoms with Gasteiger partial charge in [0.1, 0.15) is 5.60 Å². The van der Waals surface area contributed by atoms with Gasteiger partial charge in [-0.05, 0) is 72.6 Å². The van der Waals surface area contributed by atoms with Crippen LogP contribution in [0.15, 0.2) is 0 Å². The van der Waals surface area contributed by atoms with Gasteiger partial charge in [-0.3, -0.25) is 9.59 Å². The van der Waals surface area contributed by atoms with Crippen molar-refractivity contribution in [1.29, 1.82) is 0 Å². The Labute approximate surface area is 183 Å². The summed E-state index contributed by atoms with van der Waals surface area (Å²) in [5.74, 6) is -0.419. The van der Waals surface area contributed by atoms with Gasteiger partial charge in [-0.15, -0.1) is 0 Å². The van der Waals surface area contributed by atoms with Gasteiger partial charge in [0.15, 0.2) is 0 Å². The predicted octanol–water partition coefficient (Wildman–Crippen LogP) is 5.08. The predicted molar refractivity (Wildman–Crippen MR) is 119 cm³/mol. The molecule has 0 aliphatic rings. The molecule has 0 saturated heterocycles. The second-order valence-corrected chi connectivity index (χ2v) is 9.53. The normalized spacial score (nSPS) is 12.1. The third-order valence-electron chi connectivity index (χ3n) is 5.03. The first-order valence-corrected chi connectivity index (χ1v) is 11.8. The number of aliphatic hydroxyl groups excluding tert-OH is 1. The number of hydrogen-bond acceptors (Lipinski definition) is 6. The Kier molecular flexibility index (Phi) is 15.9. The van der Waals surface area contributed by atoms with Crippen molar-refractivity contribution in [3.63, 3.8) is 0 Å². The van der Waals surface area contributed by atoms with Crippen molar-refractivity contribution in [3.8, 4) is 0 Å². The summed E-state index contributed by atoms with van der Waals surface area (Å²) in [4.78, 5) is 23.8. The Morgan fingerprint density at radius 2 is 1.23 bits per heavy atom. The van der Waals surface area contributed by atoms with E-state index in [1.54, 1.807) is 0 Å². The highest BCUT2D eigenvalue weighted by Gasteiger charge is 2.22. The van der Waals surface area contributed by atoms with Gasteiger partial charge < -0.3 is 19.7 Å². The maximum atomic E-state index is 12.0. The fourth-order valence-corrected chi connectivity index (χ4v) is 3.24. The number of ether oxygens (including phenoxy) is 2. The van der Waals surface area contributed by atoms with Crippen LogP contribution in [0.4, 0.5) is 0 Å². The minimum Gasteiger partial charge on any atom is -0.466 e. The van der Waals surface area contributed by atoms with Crippen LogP contribution in [0, 0.1) is 0 Å². The average molecular weight is 431 g/mol. The zero-order valence-electron chi connectivity index (χ0n) is 19.8. The maximum Gasteiger partial charge on any atom is 0.306 e. The molecule has 0 unspecified atom stereocenters. The molecule has 0 aromatic carbocycles. The van der Waals surface area contributed by atoms with Crippen LogP contribution in [0.5, 0.6) is 0 Å². The summed E-state index contributed by atoms with van der Waals surface area (Å²) < 4.78 is 10.8. The van der Waals surface area contributed by atoms with Gasteiger partial charge in [0.25, 0.3) is 0 Å². The van der Waals surface area contributed by atoms with E-state index in [1.165, 1.54) is 0 Å². The number of esters is 2. The molecule has 6 heteroatoms. The smallest absolute Gasteiger partial charge is 0.306 e. The molecule has 0 heterocycles. The van der Waals surface area contributed by atoms with E-state index in [0.717, 1.165) is 64.2 Å². The zero-order chi connectivity index (χ0) is 22.9. The zero-order valence-corrected chi connectivity index (χ0v) is 19.8. The van der Waals surface area contributed by atoms with E-state index in [0.29, 0.717) is 32.3 Å². The summed E-state index contributed by atoms with van der Waals surface area (Å²) in [7, 11) is 0. The van der Waals surface area contributed by atoms with E-state index in [2.05, 4.69) is 0 Å². The van der Waals surface area contributed by atoms with Crippen LogP contribution in [0.25, 0.3) is 0 Å². The van der Waals surface area contributed by atoms with Gasteiger partial charge in [0, 0.05) is 19.4 Å². The minimum atomic E-state index is -0.602. The molecule has 0 aromatic heterocycles. The molecule has 0 aliphatic carbocycles. The van der Waals surface area contributed by atoms with E-state index in [-0.39, 0.29) is 18.5 Å². The number of carbonyl (C=O) groups is 2. The fourth-order valence-electron chi connectivity index (χ4n) is 3.24. The van der Waals surface area contributed by atoms with E-state index >= 15 is 0 Å². The fraction of sp³-hybridized carbons (Fsp3) is 0.917. The highest BCUT2D eigenvalue weighted by atomic mass is 16.6. The number of rotatable bonds is 19. The Bertz CT molecular complexity index is 453. The molecule has 0 bridgehead atoms. The third-order valence-corrected chi connectivity index (χ3v) is 5.03. The molecular weight excluding hydrogens is 384 g/mol. The largest absolute Gasteiger partial charge is 0.466 e. The van der Waals surface area contributed by atoms with Crippen molar-refractivity contribution in [1.82, 2.24) is 0 Å². The lowest BCUT2D eigenvalue weighted by Crippen LogP contribution is -2.28. The van der Waals surface area contributed by atoms with Gasteiger partial charge in [0.2, 0.25) is 0 Å². The summed E-state index contributed by atoms with van der Waals surface area (Å²) >= 11 is 0. The van der Waals surface area contributed by atoms with Crippen molar-refractivity contribution in [2.75, 3.05) is 13.2 Å². The van der Waals surface area contributed by atoms with Crippen LogP contribution in [-0.4, -0.2) is 46.6 Å². The molecule has 0 fully saturated rings. The number of hydrogen-bond donors (Lipinski definition) is 2. The van der Waals surface area contributed by atoms with Crippen LogP contribution in [0.3, 0.4) is 0 Å². The first kappa shape index (κ1) is 28.9. The van der Waals surface area contributed by atoms with Crippen LogP contribution >= 0.6 is 0 Å². The van der Waals surface area contributed by atoms with E-state index in [4.69, 9.17) is 14.6 Å². The van der Waals surface area contributed by atoms with Crippen molar-refractivity contribution in [2.24, 2.45) is 0 Å². The van der Waals surface area contributed by atoms with Crippen molar-refractivity contribution in [2.45, 2.75) is 129 Å². The lowest BCUT2D eigenvalue weighted by molar-refractivity contribution is -0.157.